The molecule has 2 atom stereocenters. The summed E-state index contributed by atoms with van der Waals surface area (Å²) < 4.78 is 30.0. The van der Waals surface area contributed by atoms with Gasteiger partial charge in [-0.3, -0.25) is 18.2 Å². The zero-order valence-corrected chi connectivity index (χ0v) is 10.6. The molecule has 3 N–H and O–H groups in total. The van der Waals surface area contributed by atoms with Gasteiger partial charge in [-0.1, -0.05) is 12.1 Å². The molecule has 0 saturated carbocycles. The highest BCUT2D eigenvalue weighted by atomic mass is 31.1. The monoisotopic (exact) mass is 282 g/mol. The van der Waals surface area contributed by atoms with Crippen LogP contribution in [0.5, 0.6) is 5.75 Å². The van der Waals surface area contributed by atoms with E-state index < -0.39 is 22.8 Å². The number of aromatic hydroxyl groups is 1. The number of rotatable bonds is 6. The largest absolute Gasteiger partial charge is 0.508 e. The Hall–Kier alpha value is -0.680. The van der Waals surface area contributed by atoms with Crippen LogP contribution in [0, 0.1) is 0 Å². The number of hydrogen-bond donors (Lipinski definition) is 3. The third kappa shape index (κ3) is 5.98. The summed E-state index contributed by atoms with van der Waals surface area (Å²) in [4.78, 5) is 17.2. The van der Waals surface area contributed by atoms with Gasteiger partial charge in [0.25, 0.3) is 0 Å². The van der Waals surface area contributed by atoms with Crippen molar-refractivity contribution in [1.29, 1.82) is 0 Å². The lowest BCUT2D eigenvalue weighted by Crippen LogP contribution is -2.13. The normalized spacial score (nSPS) is 16.4. The number of phenols is 1. The van der Waals surface area contributed by atoms with Crippen LogP contribution < -0.4 is 0 Å². The maximum atomic E-state index is 10.5. The van der Waals surface area contributed by atoms with Gasteiger partial charge in [0.05, 0.1) is 0 Å². The molecule has 9 heteroatoms. The predicted octanol–water partition coefficient (Wildman–Crippen LogP) is 1.06. The Bertz CT molecular complexity index is 389. The van der Waals surface area contributed by atoms with Crippen molar-refractivity contribution in [3.63, 3.8) is 0 Å². The first kappa shape index (κ1) is 14.4. The molecule has 17 heavy (non-hydrogen) atoms. The van der Waals surface area contributed by atoms with Gasteiger partial charge in [-0.05, 0) is 17.7 Å². The van der Waals surface area contributed by atoms with E-state index in [0.717, 1.165) is 0 Å². The highest BCUT2D eigenvalue weighted by Crippen LogP contribution is 2.28. The highest BCUT2D eigenvalue weighted by Gasteiger charge is 2.15. The summed E-state index contributed by atoms with van der Waals surface area (Å²) in [7, 11) is -6.53. The molecular weight excluding hydrogens is 270 g/mol. The topological polar surface area (TPSA) is 113 Å². The van der Waals surface area contributed by atoms with E-state index in [1.54, 1.807) is 0 Å². The fourth-order valence-corrected chi connectivity index (χ4v) is 1.97. The Balaban J connectivity index is 2.67. The SMILES string of the molecule is O=[PH](O)OC(Cc1ccc(O)cc1)O[PH](=O)O. The van der Waals surface area contributed by atoms with E-state index >= 15 is 0 Å². The van der Waals surface area contributed by atoms with Crippen LogP contribution in [-0.2, 0) is 24.6 Å². The van der Waals surface area contributed by atoms with Crippen molar-refractivity contribution in [1.82, 2.24) is 0 Å². The Morgan fingerprint density at radius 2 is 1.53 bits per heavy atom. The molecule has 0 aliphatic rings. The molecule has 0 heterocycles. The second-order valence-electron chi connectivity index (χ2n) is 3.07. The number of benzene rings is 1. The molecule has 7 nitrogen and oxygen atoms in total. The van der Waals surface area contributed by atoms with Gasteiger partial charge in [0.1, 0.15) is 5.75 Å². The van der Waals surface area contributed by atoms with Crippen LogP contribution in [-0.4, -0.2) is 21.2 Å². The van der Waals surface area contributed by atoms with Crippen molar-refractivity contribution >= 4 is 16.5 Å². The van der Waals surface area contributed by atoms with Crippen LogP contribution in [0.2, 0.25) is 0 Å². The first-order valence-corrected chi connectivity index (χ1v) is 7.07. The summed E-state index contributed by atoms with van der Waals surface area (Å²) in [5, 5.41) is 9.05. The first-order valence-electron chi connectivity index (χ1n) is 4.54. The minimum absolute atomic E-state index is 0.0220. The molecule has 0 aliphatic heterocycles. The average Bonchev–Trinajstić information content (AvgIpc) is 2.19. The maximum absolute atomic E-state index is 10.5. The van der Waals surface area contributed by atoms with Crippen LogP contribution in [0.15, 0.2) is 24.3 Å². The van der Waals surface area contributed by atoms with Crippen molar-refractivity contribution in [2.24, 2.45) is 0 Å². The molecule has 1 rings (SSSR count). The van der Waals surface area contributed by atoms with Crippen LogP contribution in [0.4, 0.5) is 0 Å². The first-order chi connectivity index (χ1) is 7.97. The molecule has 96 valence electrons. The second-order valence-corrected chi connectivity index (χ2v) is 4.60. The van der Waals surface area contributed by atoms with E-state index in [4.69, 9.17) is 14.9 Å². The van der Waals surface area contributed by atoms with Crippen molar-refractivity contribution in [3.8, 4) is 5.75 Å². The number of hydrogen-bond acceptors (Lipinski definition) is 5. The van der Waals surface area contributed by atoms with Crippen molar-refractivity contribution < 1.29 is 33.1 Å². The van der Waals surface area contributed by atoms with Gasteiger partial charge in [-0.25, -0.2) is 0 Å². The Morgan fingerprint density at radius 1 is 1.06 bits per heavy atom. The molecule has 2 unspecified atom stereocenters. The minimum atomic E-state index is -3.26. The zero-order chi connectivity index (χ0) is 12.8. The standard InChI is InChI=1S/C8H12O7P2/c9-7-3-1-6(2-4-7)5-8(14-16(10)11)15-17(12)13/h1-4,8-9,16-17H,5H2,(H,10,11)(H,12,13). The van der Waals surface area contributed by atoms with Crippen LogP contribution in [0.3, 0.4) is 0 Å². The fourth-order valence-electron chi connectivity index (χ4n) is 1.16. The van der Waals surface area contributed by atoms with Gasteiger partial charge in [-0.2, -0.15) is 0 Å². The van der Waals surface area contributed by atoms with Crippen molar-refractivity contribution in [3.05, 3.63) is 29.8 Å². The third-order valence-corrected chi connectivity index (χ3v) is 2.73. The smallest absolute Gasteiger partial charge is 0.318 e. The average molecular weight is 282 g/mol. The van der Waals surface area contributed by atoms with E-state index in [1.807, 2.05) is 0 Å². The van der Waals surface area contributed by atoms with Gasteiger partial charge < -0.3 is 14.9 Å². The molecule has 0 aromatic heterocycles. The summed E-state index contributed by atoms with van der Waals surface area (Å²) in [5.74, 6) is 0.0682. The lowest BCUT2D eigenvalue weighted by molar-refractivity contribution is 0.00344. The summed E-state index contributed by atoms with van der Waals surface area (Å²) >= 11 is 0. The zero-order valence-electron chi connectivity index (χ0n) is 8.57. The molecule has 0 spiro atoms. The Kier molecular flexibility index (Phi) is 5.85. The summed E-state index contributed by atoms with van der Waals surface area (Å²) in [6.07, 6.45) is -1.25. The molecular formula is C8H12O7P2. The lowest BCUT2D eigenvalue weighted by Gasteiger charge is -2.14. The predicted molar refractivity (Wildman–Crippen MR) is 60.2 cm³/mol. The van der Waals surface area contributed by atoms with E-state index in [1.165, 1.54) is 24.3 Å². The van der Waals surface area contributed by atoms with Gasteiger partial charge in [0.15, 0.2) is 6.29 Å². The van der Waals surface area contributed by atoms with E-state index in [-0.39, 0.29) is 12.2 Å². The van der Waals surface area contributed by atoms with Crippen molar-refractivity contribution in [2.45, 2.75) is 12.7 Å². The van der Waals surface area contributed by atoms with Gasteiger partial charge >= 0.3 is 16.5 Å². The van der Waals surface area contributed by atoms with E-state index in [2.05, 4.69) is 9.05 Å². The molecule has 0 fully saturated rings. The third-order valence-electron chi connectivity index (χ3n) is 1.80. The van der Waals surface area contributed by atoms with Crippen LogP contribution in [0.25, 0.3) is 0 Å². The van der Waals surface area contributed by atoms with E-state index in [0.29, 0.717) is 5.56 Å². The Labute approximate surface area is 98.5 Å². The molecule has 0 radical (unpaired) electrons. The quantitative estimate of drug-likeness (QED) is 0.528. The summed E-state index contributed by atoms with van der Waals surface area (Å²) in [5.41, 5.74) is 0.624. The van der Waals surface area contributed by atoms with Gasteiger partial charge in [0, 0.05) is 6.42 Å². The van der Waals surface area contributed by atoms with Crippen LogP contribution >= 0.6 is 16.5 Å². The molecule has 0 aliphatic carbocycles. The number of phenolic OH excluding ortho intramolecular Hbond substituents is 1. The maximum Gasteiger partial charge on any atom is 0.318 e. The van der Waals surface area contributed by atoms with E-state index in [9.17, 15) is 9.13 Å². The van der Waals surface area contributed by atoms with Gasteiger partial charge in [-0.15, -0.1) is 0 Å². The highest BCUT2D eigenvalue weighted by molar-refractivity contribution is 7.32. The summed E-state index contributed by atoms with van der Waals surface area (Å²) in [6.45, 7) is 0. The van der Waals surface area contributed by atoms with Crippen molar-refractivity contribution in [2.75, 3.05) is 0 Å². The molecule has 1 aromatic carbocycles. The minimum Gasteiger partial charge on any atom is -0.508 e. The molecule has 0 saturated heterocycles. The Morgan fingerprint density at radius 3 is 1.94 bits per heavy atom. The fraction of sp³-hybridized carbons (Fsp3) is 0.250. The molecule has 0 amide bonds. The summed E-state index contributed by atoms with van der Waals surface area (Å²) in [6, 6.07) is 5.91. The second kappa shape index (κ2) is 6.91. The molecule has 1 aromatic rings. The van der Waals surface area contributed by atoms with Crippen LogP contribution in [0.1, 0.15) is 5.56 Å². The lowest BCUT2D eigenvalue weighted by atomic mass is 10.1. The molecule has 0 bridgehead atoms. The van der Waals surface area contributed by atoms with Gasteiger partial charge in [0.2, 0.25) is 0 Å².